The Bertz CT molecular complexity index is 1160. The zero-order valence-corrected chi connectivity index (χ0v) is 17.2. The average molecular weight is 414 g/mol. The van der Waals surface area contributed by atoms with E-state index in [9.17, 15) is 4.79 Å². The number of hydrogen-bond donors (Lipinski definition) is 0. The maximum atomic E-state index is 11.8. The summed E-state index contributed by atoms with van der Waals surface area (Å²) in [5.41, 5.74) is 2.08. The Morgan fingerprint density at radius 3 is 2.00 bits per heavy atom. The summed E-state index contributed by atoms with van der Waals surface area (Å²) in [6.07, 6.45) is 0.586. The molecule has 1 aromatic heterocycles. The van der Waals surface area contributed by atoms with Gasteiger partial charge in [-0.15, -0.1) is 0 Å². The van der Waals surface area contributed by atoms with Crippen LogP contribution in [0, 0.1) is 0 Å². The molecule has 6 nitrogen and oxygen atoms in total. The first-order valence-electron chi connectivity index (χ1n) is 10.1. The molecule has 0 bridgehead atoms. The minimum absolute atomic E-state index is 0.209. The minimum Gasteiger partial charge on any atom is -0.466 e. The second-order valence-electron chi connectivity index (χ2n) is 6.76. The average Bonchev–Trinajstić information content (AvgIpc) is 2.80. The number of fused-ring (bicyclic) bond motifs is 1. The van der Waals surface area contributed by atoms with E-state index in [0.717, 1.165) is 16.8 Å². The molecule has 0 aliphatic rings. The van der Waals surface area contributed by atoms with Gasteiger partial charge in [-0.25, -0.2) is 9.97 Å². The molecule has 6 heteroatoms. The molecule has 4 aromatic rings. The van der Waals surface area contributed by atoms with Crippen molar-refractivity contribution in [1.82, 2.24) is 9.97 Å². The van der Waals surface area contributed by atoms with Crippen LogP contribution in [0.15, 0.2) is 78.9 Å². The highest BCUT2D eigenvalue weighted by atomic mass is 16.5. The van der Waals surface area contributed by atoms with Gasteiger partial charge in [0.05, 0.1) is 24.1 Å². The van der Waals surface area contributed by atoms with E-state index < -0.39 is 0 Å². The van der Waals surface area contributed by atoms with Crippen LogP contribution in [-0.2, 0) is 16.0 Å². The molecule has 0 amide bonds. The van der Waals surface area contributed by atoms with Gasteiger partial charge in [0, 0.05) is 6.42 Å². The fourth-order valence-electron chi connectivity index (χ4n) is 3.03. The summed E-state index contributed by atoms with van der Waals surface area (Å²) < 4.78 is 16.9. The van der Waals surface area contributed by atoms with Gasteiger partial charge in [-0.3, -0.25) is 4.79 Å². The van der Waals surface area contributed by atoms with E-state index in [-0.39, 0.29) is 12.4 Å². The molecule has 0 aliphatic carbocycles. The Kier molecular flexibility index (Phi) is 6.38. The summed E-state index contributed by atoms with van der Waals surface area (Å²) >= 11 is 0. The van der Waals surface area contributed by atoms with Gasteiger partial charge in [-0.2, -0.15) is 0 Å². The van der Waals surface area contributed by atoms with Crippen LogP contribution in [0.5, 0.6) is 23.1 Å². The first-order chi connectivity index (χ1) is 15.2. The number of para-hydroxylation sites is 3. The predicted octanol–water partition coefficient (Wildman–Crippen LogP) is 5.71. The summed E-state index contributed by atoms with van der Waals surface area (Å²) in [6, 6.07) is 24.4. The number of benzene rings is 3. The van der Waals surface area contributed by atoms with E-state index in [4.69, 9.17) is 14.2 Å². The Balaban J connectivity index is 1.54. The molecular formula is C25H22N2O4. The molecule has 0 fully saturated rings. The monoisotopic (exact) mass is 414 g/mol. The third kappa shape index (κ3) is 5.36. The minimum atomic E-state index is -0.272. The van der Waals surface area contributed by atoms with Crippen molar-refractivity contribution in [2.24, 2.45) is 0 Å². The molecule has 0 saturated heterocycles. The van der Waals surface area contributed by atoms with Gasteiger partial charge in [0.25, 0.3) is 0 Å². The SMILES string of the molecule is CCOC(=O)CCc1nc2ccccc2nc1Oc1ccc(Oc2ccccc2)cc1. The van der Waals surface area contributed by atoms with Crippen LogP contribution in [0.2, 0.25) is 0 Å². The molecule has 0 atom stereocenters. The number of carbonyl (C=O) groups excluding carboxylic acids is 1. The van der Waals surface area contributed by atoms with E-state index in [2.05, 4.69) is 9.97 Å². The number of carbonyl (C=O) groups is 1. The third-order valence-electron chi connectivity index (χ3n) is 4.49. The highest BCUT2D eigenvalue weighted by Gasteiger charge is 2.14. The molecule has 0 unspecified atom stereocenters. The molecule has 156 valence electrons. The lowest BCUT2D eigenvalue weighted by Crippen LogP contribution is -2.07. The van der Waals surface area contributed by atoms with Crippen molar-refractivity contribution in [1.29, 1.82) is 0 Å². The van der Waals surface area contributed by atoms with Crippen LogP contribution < -0.4 is 9.47 Å². The fraction of sp³-hybridized carbons (Fsp3) is 0.160. The van der Waals surface area contributed by atoms with Gasteiger partial charge >= 0.3 is 5.97 Å². The highest BCUT2D eigenvalue weighted by Crippen LogP contribution is 2.28. The number of nitrogens with zero attached hydrogens (tertiary/aromatic N) is 2. The van der Waals surface area contributed by atoms with Crippen molar-refractivity contribution >= 4 is 17.0 Å². The number of aryl methyl sites for hydroxylation is 1. The van der Waals surface area contributed by atoms with Crippen molar-refractivity contribution in [2.45, 2.75) is 19.8 Å². The molecule has 4 rings (SSSR count). The first-order valence-corrected chi connectivity index (χ1v) is 10.1. The maximum absolute atomic E-state index is 11.8. The number of hydrogen-bond acceptors (Lipinski definition) is 6. The molecule has 0 radical (unpaired) electrons. The predicted molar refractivity (Wildman–Crippen MR) is 118 cm³/mol. The summed E-state index contributed by atoms with van der Waals surface area (Å²) in [4.78, 5) is 21.1. The lowest BCUT2D eigenvalue weighted by atomic mass is 10.2. The van der Waals surface area contributed by atoms with Crippen LogP contribution in [0.25, 0.3) is 11.0 Å². The van der Waals surface area contributed by atoms with Crippen LogP contribution in [0.3, 0.4) is 0 Å². The molecule has 31 heavy (non-hydrogen) atoms. The lowest BCUT2D eigenvalue weighted by Gasteiger charge is -2.12. The molecule has 1 heterocycles. The smallest absolute Gasteiger partial charge is 0.306 e. The van der Waals surface area contributed by atoms with Gasteiger partial charge in [0.1, 0.15) is 22.9 Å². The molecular weight excluding hydrogens is 392 g/mol. The van der Waals surface area contributed by atoms with E-state index in [0.29, 0.717) is 36.1 Å². The quantitative estimate of drug-likeness (QED) is 0.344. The zero-order chi connectivity index (χ0) is 21.5. The summed E-state index contributed by atoms with van der Waals surface area (Å²) in [7, 11) is 0. The van der Waals surface area contributed by atoms with Crippen molar-refractivity contribution in [3.63, 3.8) is 0 Å². The largest absolute Gasteiger partial charge is 0.466 e. The van der Waals surface area contributed by atoms with E-state index >= 15 is 0 Å². The van der Waals surface area contributed by atoms with Crippen molar-refractivity contribution in [3.8, 4) is 23.1 Å². The standard InChI is InChI=1S/C25H22N2O4/c1-2-29-24(28)17-16-23-25(27-22-11-7-6-10-21(22)26-23)31-20-14-12-19(13-15-20)30-18-8-4-3-5-9-18/h3-15H,2,16-17H2,1H3. The van der Waals surface area contributed by atoms with Gasteiger partial charge in [-0.05, 0) is 55.5 Å². The number of esters is 1. The molecule has 0 spiro atoms. The molecule has 3 aromatic carbocycles. The molecule has 0 aliphatic heterocycles. The Hall–Kier alpha value is -3.93. The second kappa shape index (κ2) is 9.71. The Labute approximate surface area is 180 Å². The highest BCUT2D eigenvalue weighted by molar-refractivity contribution is 5.75. The Morgan fingerprint density at radius 2 is 1.32 bits per heavy atom. The summed E-state index contributed by atoms with van der Waals surface area (Å²) in [5.74, 6) is 2.16. The van der Waals surface area contributed by atoms with E-state index in [1.807, 2.05) is 78.9 Å². The third-order valence-corrected chi connectivity index (χ3v) is 4.49. The van der Waals surface area contributed by atoms with Gasteiger partial charge in [0.15, 0.2) is 0 Å². The van der Waals surface area contributed by atoms with Gasteiger partial charge in [0.2, 0.25) is 5.88 Å². The van der Waals surface area contributed by atoms with Crippen LogP contribution >= 0.6 is 0 Å². The molecule has 0 N–H and O–H groups in total. The van der Waals surface area contributed by atoms with E-state index in [1.165, 1.54) is 0 Å². The fourth-order valence-corrected chi connectivity index (χ4v) is 3.03. The Morgan fingerprint density at radius 1 is 0.742 bits per heavy atom. The van der Waals surface area contributed by atoms with Crippen LogP contribution in [0.4, 0.5) is 0 Å². The first kappa shape index (κ1) is 20.3. The normalized spacial score (nSPS) is 10.6. The lowest BCUT2D eigenvalue weighted by molar-refractivity contribution is -0.143. The van der Waals surface area contributed by atoms with Crippen molar-refractivity contribution < 1.29 is 19.0 Å². The number of ether oxygens (including phenoxy) is 3. The van der Waals surface area contributed by atoms with E-state index in [1.54, 1.807) is 6.92 Å². The summed E-state index contributed by atoms with van der Waals surface area (Å²) in [5, 5.41) is 0. The topological polar surface area (TPSA) is 70.5 Å². The number of rotatable bonds is 8. The van der Waals surface area contributed by atoms with Crippen LogP contribution in [-0.4, -0.2) is 22.5 Å². The van der Waals surface area contributed by atoms with Crippen molar-refractivity contribution in [3.05, 3.63) is 84.6 Å². The zero-order valence-electron chi connectivity index (χ0n) is 17.2. The van der Waals surface area contributed by atoms with Crippen LogP contribution in [0.1, 0.15) is 19.0 Å². The maximum Gasteiger partial charge on any atom is 0.306 e. The van der Waals surface area contributed by atoms with Gasteiger partial charge < -0.3 is 14.2 Å². The van der Waals surface area contributed by atoms with Gasteiger partial charge in [-0.1, -0.05) is 30.3 Å². The summed E-state index contributed by atoms with van der Waals surface area (Å²) in [6.45, 7) is 2.14. The number of aromatic nitrogens is 2. The van der Waals surface area contributed by atoms with Crippen molar-refractivity contribution in [2.75, 3.05) is 6.61 Å². The second-order valence-corrected chi connectivity index (χ2v) is 6.76. The molecule has 0 saturated carbocycles.